The van der Waals surface area contributed by atoms with Gasteiger partial charge in [-0.2, -0.15) is 5.10 Å². The molecule has 3 heteroatoms. The van der Waals surface area contributed by atoms with Crippen LogP contribution in [0.15, 0.2) is 36.4 Å². The second kappa shape index (κ2) is 6.44. The van der Waals surface area contributed by atoms with Gasteiger partial charge in [-0.3, -0.25) is 4.68 Å². The van der Waals surface area contributed by atoms with Gasteiger partial charge in [-0.1, -0.05) is 51.1 Å². The fraction of sp³-hybridized carbons (Fsp3) is 0.500. The molecule has 1 unspecified atom stereocenters. The molecule has 0 amide bonds. The van der Waals surface area contributed by atoms with E-state index in [2.05, 4.69) is 67.6 Å². The normalized spacial score (nSPS) is 13.4. The van der Waals surface area contributed by atoms with E-state index >= 15 is 0 Å². The first-order chi connectivity index (χ1) is 9.98. The topological polar surface area (TPSA) is 29.9 Å². The molecule has 1 aromatic carbocycles. The van der Waals surface area contributed by atoms with Crippen molar-refractivity contribution < 1.29 is 0 Å². The Morgan fingerprint density at radius 2 is 1.90 bits per heavy atom. The largest absolute Gasteiger partial charge is 0.316 e. The summed E-state index contributed by atoms with van der Waals surface area (Å²) in [5, 5.41) is 8.06. The molecule has 0 fully saturated rings. The molecule has 1 aromatic heterocycles. The van der Waals surface area contributed by atoms with Crippen molar-refractivity contribution >= 4 is 0 Å². The third-order valence-corrected chi connectivity index (χ3v) is 4.54. The van der Waals surface area contributed by atoms with Crippen LogP contribution < -0.4 is 5.32 Å². The number of aromatic nitrogens is 2. The Morgan fingerprint density at radius 3 is 2.43 bits per heavy atom. The molecule has 21 heavy (non-hydrogen) atoms. The highest BCUT2D eigenvalue weighted by Crippen LogP contribution is 2.29. The number of rotatable bonds is 6. The molecule has 0 aliphatic heterocycles. The van der Waals surface area contributed by atoms with Gasteiger partial charge in [0, 0.05) is 30.6 Å². The summed E-state index contributed by atoms with van der Waals surface area (Å²) in [5.41, 5.74) is 3.88. The third-order valence-electron chi connectivity index (χ3n) is 4.54. The summed E-state index contributed by atoms with van der Waals surface area (Å²) in [6.07, 6.45) is 1.96. The number of likely N-dealkylation sites (N-methyl/N-ethyl adjacent to an activating group) is 1. The van der Waals surface area contributed by atoms with Gasteiger partial charge in [0.1, 0.15) is 0 Å². The molecule has 0 saturated carbocycles. The van der Waals surface area contributed by atoms with Crippen LogP contribution in [0.1, 0.15) is 37.7 Å². The van der Waals surface area contributed by atoms with Gasteiger partial charge in [-0.25, -0.2) is 0 Å². The van der Waals surface area contributed by atoms with Gasteiger partial charge >= 0.3 is 0 Å². The van der Waals surface area contributed by atoms with Gasteiger partial charge in [0.2, 0.25) is 0 Å². The molecule has 2 aromatic rings. The van der Waals surface area contributed by atoms with Crippen LogP contribution in [0.25, 0.3) is 0 Å². The van der Waals surface area contributed by atoms with E-state index in [1.54, 1.807) is 0 Å². The van der Waals surface area contributed by atoms with Crippen molar-refractivity contribution in [2.75, 3.05) is 7.05 Å². The van der Waals surface area contributed by atoms with Crippen LogP contribution in [0.5, 0.6) is 0 Å². The average molecular weight is 285 g/mol. The molecular formula is C18H27N3. The Balaban J connectivity index is 2.25. The summed E-state index contributed by atoms with van der Waals surface area (Å²) in [7, 11) is 4.09. The van der Waals surface area contributed by atoms with E-state index in [0.717, 1.165) is 12.8 Å². The van der Waals surface area contributed by atoms with Crippen molar-refractivity contribution in [3.63, 3.8) is 0 Å². The van der Waals surface area contributed by atoms with E-state index < -0.39 is 0 Å². The maximum absolute atomic E-state index is 4.56. The number of hydrogen-bond donors (Lipinski definition) is 1. The van der Waals surface area contributed by atoms with E-state index in [0.29, 0.717) is 6.04 Å². The van der Waals surface area contributed by atoms with Gasteiger partial charge < -0.3 is 5.32 Å². The molecule has 0 bridgehead atoms. The monoisotopic (exact) mass is 285 g/mol. The van der Waals surface area contributed by atoms with Crippen molar-refractivity contribution in [1.29, 1.82) is 0 Å². The van der Waals surface area contributed by atoms with Crippen LogP contribution in [-0.4, -0.2) is 22.9 Å². The lowest BCUT2D eigenvalue weighted by Crippen LogP contribution is -2.45. The van der Waals surface area contributed by atoms with Crippen molar-refractivity contribution in [1.82, 2.24) is 15.1 Å². The van der Waals surface area contributed by atoms with Crippen LogP contribution in [-0.2, 0) is 25.3 Å². The lowest BCUT2D eigenvalue weighted by Gasteiger charge is -2.35. The first kappa shape index (κ1) is 15.8. The highest BCUT2D eigenvalue weighted by Gasteiger charge is 2.30. The number of aryl methyl sites for hydroxylation is 2. The smallest absolute Gasteiger partial charge is 0.0624 e. The lowest BCUT2D eigenvalue weighted by atomic mass is 9.76. The molecule has 0 saturated heterocycles. The van der Waals surface area contributed by atoms with Gasteiger partial charge in [0.05, 0.1) is 5.69 Å². The Labute approximate surface area is 128 Å². The highest BCUT2D eigenvalue weighted by molar-refractivity contribution is 5.27. The second-order valence-corrected chi connectivity index (χ2v) is 6.24. The third kappa shape index (κ3) is 3.35. The van der Waals surface area contributed by atoms with E-state index in [-0.39, 0.29) is 5.41 Å². The predicted molar refractivity (Wildman–Crippen MR) is 88.6 cm³/mol. The molecule has 3 nitrogen and oxygen atoms in total. The van der Waals surface area contributed by atoms with E-state index in [4.69, 9.17) is 0 Å². The summed E-state index contributed by atoms with van der Waals surface area (Å²) < 4.78 is 2.02. The molecule has 1 atom stereocenters. The summed E-state index contributed by atoms with van der Waals surface area (Å²) in [4.78, 5) is 0. The zero-order chi connectivity index (χ0) is 15.5. The first-order valence-corrected chi connectivity index (χ1v) is 7.73. The summed E-state index contributed by atoms with van der Waals surface area (Å²) >= 11 is 0. The molecule has 114 valence electrons. The van der Waals surface area contributed by atoms with Gasteiger partial charge in [0.25, 0.3) is 0 Å². The number of nitrogens with zero attached hydrogens (tertiary/aromatic N) is 2. The van der Waals surface area contributed by atoms with Crippen LogP contribution in [0.3, 0.4) is 0 Å². The molecule has 1 N–H and O–H groups in total. The van der Waals surface area contributed by atoms with Crippen molar-refractivity contribution in [3.05, 3.63) is 53.3 Å². The molecule has 1 heterocycles. The summed E-state index contributed by atoms with van der Waals surface area (Å²) in [6.45, 7) is 6.76. The van der Waals surface area contributed by atoms with Gasteiger partial charge in [-0.05, 0) is 25.1 Å². The van der Waals surface area contributed by atoms with Crippen LogP contribution in [0, 0.1) is 0 Å². The fourth-order valence-electron chi connectivity index (χ4n) is 2.93. The van der Waals surface area contributed by atoms with Gasteiger partial charge in [-0.15, -0.1) is 0 Å². The van der Waals surface area contributed by atoms with Crippen molar-refractivity contribution in [2.45, 2.75) is 45.1 Å². The van der Waals surface area contributed by atoms with Gasteiger partial charge in [0.15, 0.2) is 0 Å². The number of hydrogen-bond acceptors (Lipinski definition) is 2. The minimum absolute atomic E-state index is 0.0622. The predicted octanol–water partition coefficient (Wildman–Crippen LogP) is 3.09. The molecule has 0 aliphatic carbocycles. The standard InChI is InChI=1S/C18H27N3/c1-6-15-12-16(21(5)20-15)13-17(19-4)18(2,3)14-10-8-7-9-11-14/h7-12,17,19H,6,13H2,1-5H3. The molecule has 0 spiro atoms. The SMILES string of the molecule is CCc1cc(CC(NC)C(C)(C)c2ccccc2)n(C)n1. The van der Waals surface area contributed by atoms with E-state index in [9.17, 15) is 0 Å². The van der Waals surface area contributed by atoms with Crippen LogP contribution in [0.2, 0.25) is 0 Å². The lowest BCUT2D eigenvalue weighted by molar-refractivity contribution is 0.351. The Kier molecular flexibility index (Phi) is 4.84. The number of benzene rings is 1. The van der Waals surface area contributed by atoms with Crippen LogP contribution >= 0.6 is 0 Å². The zero-order valence-electron chi connectivity index (χ0n) is 13.9. The minimum atomic E-state index is 0.0622. The Morgan fingerprint density at radius 1 is 1.24 bits per heavy atom. The van der Waals surface area contributed by atoms with E-state index in [1.807, 2.05) is 18.8 Å². The van der Waals surface area contributed by atoms with Crippen molar-refractivity contribution in [3.8, 4) is 0 Å². The Bertz CT molecular complexity index is 569. The zero-order valence-corrected chi connectivity index (χ0v) is 13.9. The van der Waals surface area contributed by atoms with Crippen LogP contribution in [0.4, 0.5) is 0 Å². The fourth-order valence-corrected chi connectivity index (χ4v) is 2.93. The van der Waals surface area contributed by atoms with E-state index in [1.165, 1.54) is 17.0 Å². The second-order valence-electron chi connectivity index (χ2n) is 6.24. The summed E-state index contributed by atoms with van der Waals surface area (Å²) in [6, 6.07) is 13.3. The molecule has 2 rings (SSSR count). The summed E-state index contributed by atoms with van der Waals surface area (Å²) in [5.74, 6) is 0. The maximum Gasteiger partial charge on any atom is 0.0624 e. The Hall–Kier alpha value is -1.61. The highest BCUT2D eigenvalue weighted by atomic mass is 15.3. The first-order valence-electron chi connectivity index (χ1n) is 7.73. The average Bonchev–Trinajstić information content (AvgIpc) is 2.85. The maximum atomic E-state index is 4.56. The number of nitrogens with one attached hydrogen (secondary N) is 1. The van der Waals surface area contributed by atoms with Crippen molar-refractivity contribution in [2.24, 2.45) is 7.05 Å². The molecule has 0 radical (unpaired) electrons. The minimum Gasteiger partial charge on any atom is -0.316 e. The quantitative estimate of drug-likeness (QED) is 0.884. The molecule has 0 aliphatic rings. The molecular weight excluding hydrogens is 258 g/mol.